The van der Waals surface area contributed by atoms with Crippen molar-refractivity contribution in [1.82, 2.24) is 15.1 Å². The number of piperazine rings is 1. The number of rotatable bonds is 6. The van der Waals surface area contributed by atoms with Gasteiger partial charge in [0.15, 0.2) is 0 Å². The van der Waals surface area contributed by atoms with E-state index in [1.54, 1.807) is 12.1 Å². The number of alkyl halides is 3. The maximum Gasteiger partial charge on any atom is 0.573 e. The predicted molar refractivity (Wildman–Crippen MR) is 112 cm³/mol. The van der Waals surface area contributed by atoms with Crippen LogP contribution in [0.3, 0.4) is 0 Å². The Hall–Kier alpha value is -2.58. The highest BCUT2D eigenvalue weighted by atomic mass is 19.4. The van der Waals surface area contributed by atoms with E-state index >= 15 is 0 Å². The summed E-state index contributed by atoms with van der Waals surface area (Å²) in [5, 5.41) is 3.37. The van der Waals surface area contributed by atoms with Crippen LogP contribution in [0.1, 0.15) is 17.9 Å². The van der Waals surface area contributed by atoms with Crippen molar-refractivity contribution < 1.29 is 22.7 Å². The van der Waals surface area contributed by atoms with Gasteiger partial charge in [0.05, 0.1) is 6.54 Å². The highest BCUT2D eigenvalue weighted by molar-refractivity contribution is 5.78. The smallest absolute Gasteiger partial charge is 0.406 e. The Balaban J connectivity index is 1.27. The summed E-state index contributed by atoms with van der Waals surface area (Å²) in [4.78, 5) is 16.5. The summed E-state index contributed by atoms with van der Waals surface area (Å²) in [7, 11) is 2.07. The highest BCUT2D eigenvalue weighted by Crippen LogP contribution is 2.41. The zero-order valence-electron chi connectivity index (χ0n) is 17.4. The molecule has 4 rings (SSSR count). The van der Waals surface area contributed by atoms with Crippen LogP contribution in [0, 0.1) is 0 Å². The minimum atomic E-state index is -4.69. The second kappa shape index (κ2) is 8.88. The fourth-order valence-electron chi connectivity index (χ4n) is 3.95. The van der Waals surface area contributed by atoms with Crippen molar-refractivity contribution in [2.75, 3.05) is 39.8 Å². The van der Waals surface area contributed by atoms with Crippen molar-refractivity contribution >= 4 is 5.91 Å². The Bertz CT molecular complexity index is 892. The van der Waals surface area contributed by atoms with E-state index < -0.39 is 6.36 Å². The third-order valence-electron chi connectivity index (χ3n) is 5.92. The second-order valence-corrected chi connectivity index (χ2v) is 8.21. The largest absolute Gasteiger partial charge is 0.573 e. The summed E-state index contributed by atoms with van der Waals surface area (Å²) < 4.78 is 40.8. The molecule has 1 N–H and O–H groups in total. The molecular formula is C23H26F3N3O2. The van der Waals surface area contributed by atoms with Gasteiger partial charge in [0, 0.05) is 38.1 Å². The van der Waals surface area contributed by atoms with Gasteiger partial charge in [-0.25, -0.2) is 0 Å². The van der Waals surface area contributed by atoms with Gasteiger partial charge >= 0.3 is 6.36 Å². The summed E-state index contributed by atoms with van der Waals surface area (Å²) in [6.07, 6.45) is -3.69. The normalized spacial score (nSPS) is 21.7. The molecule has 0 radical (unpaired) electrons. The van der Waals surface area contributed by atoms with E-state index in [-0.39, 0.29) is 11.7 Å². The van der Waals surface area contributed by atoms with Crippen molar-refractivity contribution in [1.29, 1.82) is 0 Å². The molecule has 5 nitrogen and oxygen atoms in total. The molecule has 2 aromatic rings. The first-order chi connectivity index (χ1) is 14.8. The van der Waals surface area contributed by atoms with E-state index in [0.717, 1.165) is 43.7 Å². The van der Waals surface area contributed by atoms with Gasteiger partial charge in [-0.2, -0.15) is 0 Å². The Morgan fingerprint density at radius 1 is 1.00 bits per heavy atom. The van der Waals surface area contributed by atoms with Crippen LogP contribution in [0.4, 0.5) is 13.2 Å². The van der Waals surface area contributed by atoms with E-state index in [2.05, 4.69) is 22.0 Å². The van der Waals surface area contributed by atoms with Crippen LogP contribution in [0.25, 0.3) is 11.1 Å². The lowest BCUT2D eigenvalue weighted by Gasteiger charge is -2.32. The molecule has 1 aliphatic carbocycles. The molecule has 0 bridgehead atoms. The molecule has 2 aromatic carbocycles. The summed E-state index contributed by atoms with van der Waals surface area (Å²) in [5.41, 5.74) is 2.95. The maximum absolute atomic E-state index is 12.4. The third-order valence-corrected chi connectivity index (χ3v) is 5.92. The summed E-state index contributed by atoms with van der Waals surface area (Å²) in [6.45, 7) is 3.78. The van der Waals surface area contributed by atoms with E-state index in [1.807, 2.05) is 29.2 Å². The van der Waals surface area contributed by atoms with Gasteiger partial charge in [-0.05, 0) is 42.3 Å². The van der Waals surface area contributed by atoms with Crippen LogP contribution in [0.15, 0.2) is 48.5 Å². The SMILES string of the molecule is CN1CCN(C(=O)CN[C@H]2CC2c2ccc(-c3ccc(OC(F)(F)F)cc3)cc2)CC1. The van der Waals surface area contributed by atoms with Gasteiger partial charge in [0.1, 0.15) is 5.75 Å². The molecule has 1 amide bonds. The van der Waals surface area contributed by atoms with Gasteiger partial charge < -0.3 is 19.9 Å². The summed E-state index contributed by atoms with van der Waals surface area (Å²) >= 11 is 0. The van der Waals surface area contributed by atoms with Gasteiger partial charge in [0.25, 0.3) is 0 Å². The van der Waals surface area contributed by atoms with Crippen LogP contribution >= 0.6 is 0 Å². The fraction of sp³-hybridized carbons (Fsp3) is 0.435. The van der Waals surface area contributed by atoms with E-state index in [9.17, 15) is 18.0 Å². The first-order valence-corrected chi connectivity index (χ1v) is 10.4. The number of carbonyl (C=O) groups excluding carboxylic acids is 1. The molecule has 1 saturated heterocycles. The van der Waals surface area contributed by atoms with Gasteiger partial charge in [-0.3, -0.25) is 4.79 Å². The predicted octanol–water partition coefficient (Wildman–Crippen LogP) is 3.47. The van der Waals surface area contributed by atoms with E-state index in [0.29, 0.717) is 18.5 Å². The number of nitrogens with one attached hydrogen (secondary N) is 1. The van der Waals surface area contributed by atoms with E-state index in [1.165, 1.54) is 17.7 Å². The van der Waals surface area contributed by atoms with Crippen molar-refractivity contribution in [3.05, 3.63) is 54.1 Å². The monoisotopic (exact) mass is 433 g/mol. The zero-order valence-corrected chi connectivity index (χ0v) is 17.4. The topological polar surface area (TPSA) is 44.8 Å². The zero-order chi connectivity index (χ0) is 22.0. The third kappa shape index (κ3) is 5.77. The van der Waals surface area contributed by atoms with Crippen LogP contribution in [-0.4, -0.2) is 67.9 Å². The number of hydrogen-bond acceptors (Lipinski definition) is 4. The van der Waals surface area contributed by atoms with Crippen LogP contribution in [-0.2, 0) is 4.79 Å². The lowest BCUT2D eigenvalue weighted by molar-refractivity contribution is -0.274. The molecule has 166 valence electrons. The maximum atomic E-state index is 12.4. The van der Waals surface area contributed by atoms with Crippen molar-refractivity contribution in [3.63, 3.8) is 0 Å². The summed E-state index contributed by atoms with van der Waals surface area (Å²) in [6, 6.07) is 14.2. The number of carbonyl (C=O) groups is 1. The van der Waals surface area contributed by atoms with Crippen LogP contribution < -0.4 is 10.1 Å². The Kier molecular flexibility index (Phi) is 6.20. The molecule has 1 aliphatic heterocycles. The first kappa shape index (κ1) is 21.6. The van der Waals surface area contributed by atoms with Gasteiger partial charge in [-0.15, -0.1) is 13.2 Å². The number of ether oxygens (including phenoxy) is 1. The lowest BCUT2D eigenvalue weighted by Crippen LogP contribution is -2.49. The lowest BCUT2D eigenvalue weighted by atomic mass is 10.0. The molecule has 2 aliphatic rings. The summed E-state index contributed by atoms with van der Waals surface area (Å²) in [5.74, 6) is 0.315. The van der Waals surface area contributed by atoms with E-state index in [4.69, 9.17) is 0 Å². The Morgan fingerprint density at radius 2 is 1.58 bits per heavy atom. The molecule has 1 heterocycles. The molecule has 1 unspecified atom stereocenters. The minimum absolute atomic E-state index is 0.159. The van der Waals surface area contributed by atoms with Crippen molar-refractivity contribution in [2.24, 2.45) is 0 Å². The first-order valence-electron chi connectivity index (χ1n) is 10.4. The van der Waals surface area contributed by atoms with Gasteiger partial charge in [-0.1, -0.05) is 36.4 Å². The molecule has 0 aromatic heterocycles. The standard InChI is InChI=1S/C23H26F3N3O2/c1-28-10-12-29(13-11-28)22(30)15-27-21-14-20(21)18-4-2-16(3-5-18)17-6-8-19(9-7-17)31-23(24,25)26/h2-9,20-21,27H,10-15H2,1H3/t20?,21-/m0/s1. The minimum Gasteiger partial charge on any atom is -0.406 e. The Labute approximate surface area is 179 Å². The molecule has 1 saturated carbocycles. The average Bonchev–Trinajstić information content (AvgIpc) is 3.52. The molecular weight excluding hydrogens is 407 g/mol. The van der Waals surface area contributed by atoms with Gasteiger partial charge in [0.2, 0.25) is 5.91 Å². The van der Waals surface area contributed by atoms with Crippen molar-refractivity contribution in [3.8, 4) is 16.9 Å². The number of hydrogen-bond donors (Lipinski definition) is 1. The average molecular weight is 433 g/mol. The Morgan fingerprint density at radius 3 is 2.16 bits per heavy atom. The van der Waals surface area contributed by atoms with Crippen LogP contribution in [0.5, 0.6) is 5.75 Å². The molecule has 31 heavy (non-hydrogen) atoms. The number of nitrogens with zero attached hydrogens (tertiary/aromatic N) is 2. The van der Waals surface area contributed by atoms with Crippen molar-refractivity contribution in [2.45, 2.75) is 24.7 Å². The second-order valence-electron chi connectivity index (χ2n) is 8.21. The number of benzene rings is 2. The molecule has 0 spiro atoms. The number of amides is 1. The highest BCUT2D eigenvalue weighted by Gasteiger charge is 2.38. The molecule has 2 fully saturated rings. The molecule has 8 heteroatoms. The number of likely N-dealkylation sites (N-methyl/N-ethyl adjacent to an activating group) is 1. The quantitative estimate of drug-likeness (QED) is 0.758. The fourth-order valence-corrected chi connectivity index (χ4v) is 3.95. The molecule has 2 atom stereocenters. The van der Waals surface area contributed by atoms with Crippen LogP contribution in [0.2, 0.25) is 0 Å². The number of halogens is 3.